The lowest BCUT2D eigenvalue weighted by Gasteiger charge is -2.04. The van der Waals surface area contributed by atoms with E-state index in [1.54, 1.807) is 6.20 Å². The van der Waals surface area contributed by atoms with Crippen molar-refractivity contribution in [2.75, 3.05) is 0 Å². The molecule has 0 aliphatic carbocycles. The maximum Gasteiger partial charge on any atom is 0.219 e. The average molecular weight is 199 g/mol. The van der Waals surface area contributed by atoms with Gasteiger partial charge in [0.1, 0.15) is 5.75 Å². The summed E-state index contributed by atoms with van der Waals surface area (Å²) < 4.78 is 5.57. The molecule has 0 unspecified atom stereocenters. The van der Waals surface area contributed by atoms with Gasteiger partial charge in [-0.3, -0.25) is 0 Å². The summed E-state index contributed by atoms with van der Waals surface area (Å²) in [5, 5.41) is 0. The summed E-state index contributed by atoms with van der Waals surface area (Å²) >= 11 is 0. The fourth-order valence-corrected chi connectivity index (χ4v) is 1.32. The van der Waals surface area contributed by atoms with Gasteiger partial charge in [0.15, 0.2) is 0 Å². The third-order valence-corrected chi connectivity index (χ3v) is 2.19. The zero-order chi connectivity index (χ0) is 10.5. The van der Waals surface area contributed by atoms with Gasteiger partial charge in [0.05, 0.1) is 0 Å². The normalized spacial score (nSPS) is 9.93. The second kappa shape index (κ2) is 4.60. The molecule has 0 aliphatic heterocycles. The first-order valence-corrected chi connectivity index (χ1v) is 5.06. The van der Waals surface area contributed by atoms with E-state index in [0.717, 1.165) is 12.2 Å². The molecule has 0 N–H and O–H groups in total. The van der Waals surface area contributed by atoms with E-state index in [1.807, 2.05) is 30.3 Å². The lowest BCUT2D eigenvalue weighted by molar-refractivity contribution is 0.463. The minimum atomic E-state index is 0.627. The van der Waals surface area contributed by atoms with Crippen LogP contribution in [0.5, 0.6) is 11.6 Å². The van der Waals surface area contributed by atoms with Crippen molar-refractivity contribution >= 4 is 0 Å². The average Bonchev–Trinajstić information content (AvgIpc) is 2.31. The van der Waals surface area contributed by atoms with E-state index in [4.69, 9.17) is 4.74 Å². The molecule has 0 aliphatic rings. The molecule has 0 bridgehead atoms. The summed E-state index contributed by atoms with van der Waals surface area (Å²) in [6.45, 7) is 2.13. The Balaban J connectivity index is 2.11. The maximum absolute atomic E-state index is 5.57. The highest BCUT2D eigenvalue weighted by atomic mass is 16.5. The summed E-state index contributed by atoms with van der Waals surface area (Å²) in [5.41, 5.74) is 1.31. The fourth-order valence-electron chi connectivity index (χ4n) is 1.32. The predicted octanol–water partition coefficient (Wildman–Crippen LogP) is 3.44. The second-order valence-electron chi connectivity index (χ2n) is 3.27. The Bertz CT molecular complexity index is 408. The first-order valence-electron chi connectivity index (χ1n) is 5.06. The molecule has 2 nitrogen and oxygen atoms in total. The Hall–Kier alpha value is -1.83. The van der Waals surface area contributed by atoms with Crippen molar-refractivity contribution in [3.05, 3.63) is 54.2 Å². The molecule has 2 aromatic rings. The molecule has 0 fully saturated rings. The van der Waals surface area contributed by atoms with Crippen LogP contribution in [0.25, 0.3) is 0 Å². The standard InChI is InChI=1S/C13H13NO/c1-2-11-6-8-12(9-7-11)15-13-5-3-4-10-14-13/h3-10H,2H2,1H3. The number of hydrogen-bond donors (Lipinski definition) is 0. The van der Waals surface area contributed by atoms with E-state index in [2.05, 4.69) is 24.0 Å². The molecule has 2 heteroatoms. The van der Waals surface area contributed by atoms with Crippen molar-refractivity contribution in [1.82, 2.24) is 4.98 Å². The van der Waals surface area contributed by atoms with Gasteiger partial charge in [-0.2, -0.15) is 0 Å². The van der Waals surface area contributed by atoms with Crippen molar-refractivity contribution in [1.29, 1.82) is 0 Å². The summed E-state index contributed by atoms with van der Waals surface area (Å²) in [7, 11) is 0. The largest absolute Gasteiger partial charge is 0.439 e. The number of nitrogens with zero attached hydrogens (tertiary/aromatic N) is 1. The van der Waals surface area contributed by atoms with E-state index < -0.39 is 0 Å². The van der Waals surface area contributed by atoms with Gasteiger partial charge in [-0.25, -0.2) is 4.98 Å². The second-order valence-corrected chi connectivity index (χ2v) is 3.27. The van der Waals surface area contributed by atoms with Gasteiger partial charge < -0.3 is 4.74 Å². The lowest BCUT2D eigenvalue weighted by atomic mass is 10.2. The van der Waals surface area contributed by atoms with Crippen LogP contribution in [0.1, 0.15) is 12.5 Å². The van der Waals surface area contributed by atoms with Gasteiger partial charge in [0.2, 0.25) is 5.88 Å². The monoisotopic (exact) mass is 199 g/mol. The van der Waals surface area contributed by atoms with Crippen LogP contribution in [0.15, 0.2) is 48.7 Å². The van der Waals surface area contributed by atoms with Crippen LogP contribution in [-0.4, -0.2) is 4.98 Å². The van der Waals surface area contributed by atoms with E-state index in [1.165, 1.54) is 5.56 Å². The zero-order valence-corrected chi connectivity index (χ0v) is 8.68. The van der Waals surface area contributed by atoms with Crippen molar-refractivity contribution in [3.8, 4) is 11.6 Å². The van der Waals surface area contributed by atoms with Crippen molar-refractivity contribution in [2.24, 2.45) is 0 Å². The number of hydrogen-bond acceptors (Lipinski definition) is 2. The molecule has 76 valence electrons. The maximum atomic E-state index is 5.57. The summed E-state index contributed by atoms with van der Waals surface area (Å²) in [4.78, 5) is 4.09. The van der Waals surface area contributed by atoms with Gasteiger partial charge in [0.25, 0.3) is 0 Å². The van der Waals surface area contributed by atoms with Crippen LogP contribution < -0.4 is 4.74 Å². The lowest BCUT2D eigenvalue weighted by Crippen LogP contribution is -1.87. The predicted molar refractivity (Wildman–Crippen MR) is 60.1 cm³/mol. The number of rotatable bonds is 3. The van der Waals surface area contributed by atoms with Crippen LogP contribution in [0, 0.1) is 0 Å². The third-order valence-electron chi connectivity index (χ3n) is 2.19. The highest BCUT2D eigenvalue weighted by Crippen LogP contribution is 2.19. The molecule has 1 aromatic heterocycles. The molecular formula is C13H13NO. The Kier molecular flexibility index (Phi) is 2.98. The van der Waals surface area contributed by atoms with Crippen molar-refractivity contribution in [3.63, 3.8) is 0 Å². The first kappa shape index (κ1) is 9.71. The van der Waals surface area contributed by atoms with Gasteiger partial charge in [-0.1, -0.05) is 25.1 Å². The molecule has 1 heterocycles. The smallest absolute Gasteiger partial charge is 0.219 e. The highest BCUT2D eigenvalue weighted by Gasteiger charge is 1.96. The molecule has 0 spiro atoms. The van der Waals surface area contributed by atoms with Crippen LogP contribution >= 0.6 is 0 Å². The Morgan fingerprint density at radius 3 is 2.47 bits per heavy atom. The van der Waals surface area contributed by atoms with E-state index in [-0.39, 0.29) is 0 Å². The van der Waals surface area contributed by atoms with E-state index in [9.17, 15) is 0 Å². The van der Waals surface area contributed by atoms with Crippen LogP contribution in [0.4, 0.5) is 0 Å². The molecule has 0 saturated carbocycles. The van der Waals surface area contributed by atoms with Gasteiger partial charge >= 0.3 is 0 Å². The SMILES string of the molecule is CCc1ccc(Oc2ccccn2)cc1. The molecule has 1 aromatic carbocycles. The van der Waals surface area contributed by atoms with Crippen LogP contribution in [0.2, 0.25) is 0 Å². The quantitative estimate of drug-likeness (QED) is 0.755. The first-order chi connectivity index (χ1) is 7.38. The minimum absolute atomic E-state index is 0.627. The van der Waals surface area contributed by atoms with E-state index >= 15 is 0 Å². The Labute approximate surface area is 89.6 Å². The summed E-state index contributed by atoms with van der Waals surface area (Å²) in [6, 6.07) is 13.7. The van der Waals surface area contributed by atoms with Gasteiger partial charge in [-0.05, 0) is 30.2 Å². The third kappa shape index (κ3) is 2.56. The van der Waals surface area contributed by atoms with Gasteiger partial charge in [-0.15, -0.1) is 0 Å². The highest BCUT2D eigenvalue weighted by molar-refractivity contribution is 5.30. The van der Waals surface area contributed by atoms with Gasteiger partial charge in [0, 0.05) is 12.3 Å². The number of benzene rings is 1. The van der Waals surface area contributed by atoms with E-state index in [0.29, 0.717) is 5.88 Å². The molecule has 2 rings (SSSR count). The number of pyridine rings is 1. The molecule has 0 saturated heterocycles. The number of aromatic nitrogens is 1. The topological polar surface area (TPSA) is 22.1 Å². The summed E-state index contributed by atoms with van der Waals surface area (Å²) in [6.07, 6.45) is 2.76. The Morgan fingerprint density at radius 2 is 1.87 bits per heavy atom. The fraction of sp³-hybridized carbons (Fsp3) is 0.154. The van der Waals surface area contributed by atoms with Crippen LogP contribution in [0.3, 0.4) is 0 Å². The Morgan fingerprint density at radius 1 is 1.07 bits per heavy atom. The van der Waals surface area contributed by atoms with Crippen molar-refractivity contribution in [2.45, 2.75) is 13.3 Å². The molecule has 0 atom stereocenters. The number of ether oxygens (including phenoxy) is 1. The zero-order valence-electron chi connectivity index (χ0n) is 8.68. The molecule has 0 radical (unpaired) electrons. The summed E-state index contributed by atoms with van der Waals surface area (Å²) in [5.74, 6) is 1.45. The molecule has 0 amide bonds. The number of aryl methyl sites for hydroxylation is 1. The molecule has 15 heavy (non-hydrogen) atoms. The minimum Gasteiger partial charge on any atom is -0.439 e. The van der Waals surface area contributed by atoms with Crippen LogP contribution in [-0.2, 0) is 6.42 Å². The molecular weight excluding hydrogens is 186 g/mol. The van der Waals surface area contributed by atoms with Crippen molar-refractivity contribution < 1.29 is 4.74 Å².